The summed E-state index contributed by atoms with van der Waals surface area (Å²) < 4.78 is 5.30. The molecule has 3 unspecified atom stereocenters. The third kappa shape index (κ3) is 2.96. The summed E-state index contributed by atoms with van der Waals surface area (Å²) in [5.41, 5.74) is 0. The summed E-state index contributed by atoms with van der Waals surface area (Å²) in [6.07, 6.45) is 4.47. The average Bonchev–Trinajstić information content (AvgIpc) is 2.35. The van der Waals surface area contributed by atoms with Crippen LogP contribution < -0.4 is 11.2 Å². The molecule has 0 bridgehead atoms. The van der Waals surface area contributed by atoms with Crippen LogP contribution in [0.5, 0.6) is 0 Å². The summed E-state index contributed by atoms with van der Waals surface area (Å²) in [7, 11) is 1.80. The summed E-state index contributed by atoms with van der Waals surface area (Å²) in [6, 6.07) is -0.361. The maximum atomic E-state index is 12.1. The van der Waals surface area contributed by atoms with E-state index in [1.165, 1.54) is 0 Å². The van der Waals surface area contributed by atoms with Gasteiger partial charge in [0.05, 0.1) is 19.6 Å². The lowest BCUT2D eigenvalue weighted by molar-refractivity contribution is -1.20. The van der Waals surface area contributed by atoms with Crippen LogP contribution in [0.15, 0.2) is 12.2 Å². The molecule has 3 N–H and O–H groups in total. The topological polar surface area (TPSA) is 76.8 Å². The molecule has 2 fully saturated rings. The van der Waals surface area contributed by atoms with Gasteiger partial charge in [0, 0.05) is 13.6 Å². The number of hydrogen-bond donors (Lipinski definition) is 2. The average molecular weight is 271 g/mol. The highest BCUT2D eigenvalue weighted by molar-refractivity contribution is 5.81. The van der Waals surface area contributed by atoms with Crippen molar-refractivity contribution in [1.29, 1.82) is 0 Å². The number of nitrogens with one attached hydrogen (secondary N) is 1. The van der Waals surface area contributed by atoms with Gasteiger partial charge in [-0.05, 0) is 6.92 Å². The van der Waals surface area contributed by atoms with Crippen molar-refractivity contribution in [1.82, 2.24) is 10.4 Å². The molecule has 2 heterocycles. The number of hydrogen-bond acceptors (Lipinski definition) is 5. The van der Waals surface area contributed by atoms with E-state index in [1.54, 1.807) is 12.1 Å². The van der Waals surface area contributed by atoms with Crippen LogP contribution in [0.4, 0.5) is 0 Å². The van der Waals surface area contributed by atoms with Crippen LogP contribution in [-0.2, 0) is 14.5 Å². The second kappa shape index (κ2) is 5.98. The van der Waals surface area contributed by atoms with Gasteiger partial charge in [-0.3, -0.25) is 4.79 Å². The molecule has 19 heavy (non-hydrogen) atoms. The number of rotatable bonds is 3. The van der Waals surface area contributed by atoms with Gasteiger partial charge in [-0.2, -0.15) is 0 Å². The Morgan fingerprint density at radius 3 is 3.16 bits per heavy atom. The highest BCUT2D eigenvalue weighted by Crippen LogP contribution is 2.33. The molecule has 7 nitrogen and oxygen atoms in total. The fourth-order valence-electron chi connectivity index (χ4n) is 2.39. The predicted molar refractivity (Wildman–Crippen MR) is 69.0 cm³/mol. The largest absolute Gasteiger partial charge is 0.374 e. The van der Waals surface area contributed by atoms with Gasteiger partial charge in [-0.25, -0.2) is 0 Å². The van der Waals surface area contributed by atoms with E-state index >= 15 is 0 Å². The molecule has 0 aliphatic carbocycles. The molecule has 3 atom stereocenters. The monoisotopic (exact) mass is 271 g/mol. The van der Waals surface area contributed by atoms with E-state index < -0.39 is 0 Å². The number of carbonyl (C=O) groups excluding carboxylic acids is 1. The Balaban J connectivity index is 1.97. The zero-order valence-corrected chi connectivity index (χ0v) is 11.5. The van der Waals surface area contributed by atoms with E-state index in [0.29, 0.717) is 32.7 Å². The summed E-state index contributed by atoms with van der Waals surface area (Å²) in [5, 5.41) is 4.47. The number of fused-ring (bicyclic) bond motifs is 1. The number of quaternary nitrogens is 1. The maximum Gasteiger partial charge on any atom is 0.284 e. The van der Waals surface area contributed by atoms with Gasteiger partial charge in [0.15, 0.2) is 6.04 Å². The fraction of sp³-hybridized carbons (Fsp3) is 0.750. The van der Waals surface area contributed by atoms with Crippen LogP contribution in [0.3, 0.4) is 0 Å². The zero-order chi connectivity index (χ0) is 13.9. The number of amides is 1. The van der Waals surface area contributed by atoms with Gasteiger partial charge in [0.1, 0.15) is 6.61 Å². The molecule has 1 amide bonds. The number of nitrogens with zero attached hydrogens (tertiary/aromatic N) is 2. The Morgan fingerprint density at radius 2 is 2.42 bits per heavy atom. The van der Waals surface area contributed by atoms with Gasteiger partial charge in [0.25, 0.3) is 5.91 Å². The van der Waals surface area contributed by atoms with Gasteiger partial charge >= 0.3 is 0 Å². The third-order valence-corrected chi connectivity index (χ3v) is 3.63. The molecule has 0 aromatic carbocycles. The number of allylic oxidation sites excluding steroid dienone is 1. The molecule has 2 saturated heterocycles. The first-order valence-electron chi connectivity index (χ1n) is 6.62. The van der Waals surface area contributed by atoms with Crippen molar-refractivity contribution in [3.05, 3.63) is 12.2 Å². The predicted octanol–water partition coefficient (Wildman–Crippen LogP) is -0.681. The number of carbonyl (C=O) groups is 1. The SMILES string of the molecule is C/C=C/CNC(=O)C1CC2COCCN(C)O[N+]21N. The highest BCUT2D eigenvalue weighted by Gasteiger charge is 2.61. The molecule has 0 saturated carbocycles. The molecule has 2 aliphatic rings. The van der Waals surface area contributed by atoms with Crippen molar-refractivity contribution in [3.63, 3.8) is 0 Å². The van der Waals surface area contributed by atoms with Gasteiger partial charge in [-0.1, -0.05) is 21.8 Å². The smallest absolute Gasteiger partial charge is 0.284 e. The number of nitrogens with two attached hydrogens (primary N) is 1. The second-order valence-corrected chi connectivity index (χ2v) is 4.99. The Hall–Kier alpha value is -0.990. The number of ether oxygens (including phenoxy) is 1. The van der Waals surface area contributed by atoms with Crippen LogP contribution in [0.25, 0.3) is 0 Å². The standard InChI is InChI=1S/C12H22N4O3/c1-3-4-5-14-12(17)11-8-10-9-18-7-6-15(2)19-16(10,11)13/h3-4,10-11H,5-9,13H2,1-2H3/p+1/b4-3+. The van der Waals surface area contributed by atoms with Gasteiger partial charge < -0.3 is 10.1 Å². The molecule has 0 aromatic heterocycles. The lowest BCUT2D eigenvalue weighted by atomic mass is 9.94. The van der Waals surface area contributed by atoms with Crippen molar-refractivity contribution in [2.45, 2.75) is 25.4 Å². The maximum absolute atomic E-state index is 12.1. The van der Waals surface area contributed by atoms with E-state index in [2.05, 4.69) is 5.32 Å². The molecule has 2 rings (SSSR count). The van der Waals surface area contributed by atoms with Crippen molar-refractivity contribution in [2.75, 3.05) is 33.4 Å². The highest BCUT2D eigenvalue weighted by atomic mass is 16.9. The third-order valence-electron chi connectivity index (χ3n) is 3.63. The Labute approximate surface area is 113 Å². The van der Waals surface area contributed by atoms with Crippen LogP contribution in [-0.4, -0.2) is 61.2 Å². The number of likely N-dealkylation sites (N-methyl/N-ethyl adjacent to an activating group) is 1. The van der Waals surface area contributed by atoms with E-state index in [9.17, 15) is 4.79 Å². The molecule has 0 radical (unpaired) electrons. The Kier molecular flexibility index (Phi) is 4.54. The van der Waals surface area contributed by atoms with E-state index in [4.69, 9.17) is 15.5 Å². The molecule has 7 heteroatoms. The van der Waals surface area contributed by atoms with E-state index in [-0.39, 0.29) is 22.7 Å². The van der Waals surface area contributed by atoms with Crippen molar-refractivity contribution >= 4 is 5.91 Å². The summed E-state index contributed by atoms with van der Waals surface area (Å²) in [4.78, 5) is 17.8. The lowest BCUT2D eigenvalue weighted by Crippen LogP contribution is -2.81. The lowest BCUT2D eigenvalue weighted by Gasteiger charge is -2.50. The van der Waals surface area contributed by atoms with Gasteiger partial charge in [-0.15, -0.1) is 10.9 Å². The first-order valence-corrected chi connectivity index (χ1v) is 6.62. The van der Waals surface area contributed by atoms with E-state index in [0.717, 1.165) is 0 Å². The van der Waals surface area contributed by atoms with Gasteiger partial charge in [0.2, 0.25) is 6.04 Å². The van der Waals surface area contributed by atoms with Crippen LogP contribution >= 0.6 is 0 Å². The molecular formula is C12H23N4O3+. The first-order chi connectivity index (χ1) is 9.08. The minimum absolute atomic E-state index is 0.0141. The minimum Gasteiger partial charge on any atom is -0.374 e. The second-order valence-electron chi connectivity index (χ2n) is 4.99. The molecular weight excluding hydrogens is 248 g/mol. The van der Waals surface area contributed by atoms with Crippen LogP contribution in [0, 0.1) is 0 Å². The zero-order valence-electron chi connectivity index (χ0n) is 11.5. The Morgan fingerprint density at radius 1 is 1.63 bits per heavy atom. The first kappa shape index (κ1) is 14.4. The van der Waals surface area contributed by atoms with Crippen LogP contribution in [0.2, 0.25) is 0 Å². The Bertz CT molecular complexity index is 363. The van der Waals surface area contributed by atoms with Crippen molar-refractivity contribution in [3.8, 4) is 0 Å². The molecule has 2 aliphatic heterocycles. The molecule has 108 valence electrons. The molecule has 0 spiro atoms. The summed E-state index contributed by atoms with van der Waals surface area (Å²) >= 11 is 0. The fourth-order valence-corrected chi connectivity index (χ4v) is 2.39. The molecule has 0 aromatic rings. The van der Waals surface area contributed by atoms with Crippen molar-refractivity contribution < 1.29 is 19.2 Å². The normalized spacial score (nSPS) is 36.2. The summed E-state index contributed by atoms with van der Waals surface area (Å²) in [5.74, 6) is 6.15. The van der Waals surface area contributed by atoms with Crippen LogP contribution in [0.1, 0.15) is 13.3 Å². The minimum atomic E-state index is -0.376. The number of hydroxylamine groups is 4. The van der Waals surface area contributed by atoms with Crippen molar-refractivity contribution in [2.24, 2.45) is 5.84 Å². The summed E-state index contributed by atoms with van der Waals surface area (Å²) in [6.45, 7) is 4.21. The quantitative estimate of drug-likeness (QED) is 0.404. The van der Waals surface area contributed by atoms with E-state index in [1.807, 2.05) is 19.1 Å².